The standard InChI is InChI=1S/C18H27NO2/c1-18(2,3)13-16(14-20)19-17(21)12-8-7-11-15-9-5-4-6-10-15/h4-7,9-11,16,20H,8,12-14H2,1-3H3,(H,19,21)/b11-7+. The van der Waals surface area contributed by atoms with Crippen LogP contribution in [0.3, 0.4) is 0 Å². The molecule has 0 fully saturated rings. The summed E-state index contributed by atoms with van der Waals surface area (Å²) in [7, 11) is 0. The van der Waals surface area contributed by atoms with Gasteiger partial charge in [0.05, 0.1) is 12.6 Å². The van der Waals surface area contributed by atoms with Crippen LogP contribution in [0.25, 0.3) is 6.08 Å². The van der Waals surface area contributed by atoms with Crippen molar-refractivity contribution in [1.29, 1.82) is 0 Å². The molecule has 0 aliphatic carbocycles. The van der Waals surface area contributed by atoms with E-state index in [4.69, 9.17) is 0 Å². The molecule has 0 radical (unpaired) electrons. The maximum atomic E-state index is 11.9. The van der Waals surface area contributed by atoms with Crippen LogP contribution in [0.1, 0.15) is 45.6 Å². The average molecular weight is 289 g/mol. The molecule has 1 aromatic carbocycles. The number of hydrogen-bond acceptors (Lipinski definition) is 2. The molecule has 21 heavy (non-hydrogen) atoms. The summed E-state index contributed by atoms with van der Waals surface area (Å²) in [5.74, 6) is -0.00369. The Morgan fingerprint density at radius 1 is 1.29 bits per heavy atom. The minimum atomic E-state index is -0.157. The van der Waals surface area contributed by atoms with Gasteiger partial charge in [-0.2, -0.15) is 0 Å². The number of carbonyl (C=O) groups excluding carboxylic acids is 1. The number of aliphatic hydroxyl groups excluding tert-OH is 1. The van der Waals surface area contributed by atoms with Gasteiger partial charge in [-0.1, -0.05) is 63.3 Å². The monoisotopic (exact) mass is 289 g/mol. The summed E-state index contributed by atoms with van der Waals surface area (Å²) in [5.41, 5.74) is 1.23. The van der Waals surface area contributed by atoms with Crippen molar-refractivity contribution in [3.63, 3.8) is 0 Å². The van der Waals surface area contributed by atoms with E-state index >= 15 is 0 Å². The van der Waals surface area contributed by atoms with Gasteiger partial charge in [-0.15, -0.1) is 0 Å². The lowest BCUT2D eigenvalue weighted by molar-refractivity contribution is -0.122. The summed E-state index contributed by atoms with van der Waals surface area (Å²) >= 11 is 0. The number of hydrogen-bond donors (Lipinski definition) is 2. The summed E-state index contributed by atoms with van der Waals surface area (Å²) in [4.78, 5) is 11.9. The first kappa shape index (κ1) is 17.4. The zero-order valence-electron chi connectivity index (χ0n) is 13.3. The molecule has 1 amide bonds. The van der Waals surface area contributed by atoms with Crippen molar-refractivity contribution < 1.29 is 9.90 Å². The van der Waals surface area contributed by atoms with E-state index in [0.29, 0.717) is 12.8 Å². The number of aliphatic hydroxyl groups is 1. The number of amides is 1. The second-order valence-corrected chi connectivity index (χ2v) is 6.56. The van der Waals surface area contributed by atoms with Crippen LogP contribution in [0.15, 0.2) is 36.4 Å². The van der Waals surface area contributed by atoms with Crippen LogP contribution in [0.2, 0.25) is 0 Å². The topological polar surface area (TPSA) is 49.3 Å². The number of carbonyl (C=O) groups is 1. The fourth-order valence-corrected chi connectivity index (χ4v) is 2.20. The van der Waals surface area contributed by atoms with Gasteiger partial charge < -0.3 is 10.4 Å². The third-order valence-electron chi connectivity index (χ3n) is 3.09. The Bertz CT molecular complexity index is 446. The van der Waals surface area contributed by atoms with Gasteiger partial charge in [0.25, 0.3) is 0 Å². The van der Waals surface area contributed by atoms with E-state index in [9.17, 15) is 9.90 Å². The Hall–Kier alpha value is -1.61. The van der Waals surface area contributed by atoms with E-state index in [-0.39, 0.29) is 24.0 Å². The number of nitrogens with one attached hydrogen (secondary N) is 1. The Labute approximate surface area is 128 Å². The predicted octanol–water partition coefficient (Wildman–Crippen LogP) is 3.39. The highest BCUT2D eigenvalue weighted by Crippen LogP contribution is 2.20. The van der Waals surface area contributed by atoms with E-state index in [0.717, 1.165) is 12.0 Å². The first-order chi connectivity index (χ1) is 9.90. The molecule has 1 atom stereocenters. The Morgan fingerprint density at radius 2 is 1.95 bits per heavy atom. The maximum Gasteiger partial charge on any atom is 0.220 e. The minimum absolute atomic E-state index is 0.00369. The Morgan fingerprint density at radius 3 is 2.52 bits per heavy atom. The quantitative estimate of drug-likeness (QED) is 0.808. The van der Waals surface area contributed by atoms with E-state index in [1.165, 1.54) is 0 Å². The number of benzene rings is 1. The lowest BCUT2D eigenvalue weighted by Gasteiger charge is -2.25. The van der Waals surface area contributed by atoms with Gasteiger partial charge in [0, 0.05) is 6.42 Å². The second-order valence-electron chi connectivity index (χ2n) is 6.56. The molecular weight excluding hydrogens is 262 g/mol. The molecule has 2 N–H and O–H groups in total. The summed E-state index contributed by atoms with van der Waals surface area (Å²) in [6.45, 7) is 6.29. The van der Waals surface area contributed by atoms with Crippen molar-refractivity contribution in [1.82, 2.24) is 5.32 Å². The molecule has 0 heterocycles. The molecule has 3 heteroatoms. The highest BCUT2D eigenvalue weighted by molar-refractivity contribution is 5.76. The normalized spacial score (nSPS) is 13.3. The van der Waals surface area contributed by atoms with Crippen molar-refractivity contribution in [3.8, 4) is 0 Å². The largest absolute Gasteiger partial charge is 0.394 e. The zero-order valence-corrected chi connectivity index (χ0v) is 13.3. The third-order valence-corrected chi connectivity index (χ3v) is 3.09. The van der Waals surface area contributed by atoms with Gasteiger partial charge in [0.1, 0.15) is 0 Å². The van der Waals surface area contributed by atoms with Gasteiger partial charge in [0.2, 0.25) is 5.91 Å². The Kier molecular flexibility index (Phi) is 7.17. The van der Waals surface area contributed by atoms with Crippen LogP contribution in [0, 0.1) is 5.41 Å². The second kappa shape index (κ2) is 8.63. The first-order valence-electron chi connectivity index (χ1n) is 7.52. The maximum absolute atomic E-state index is 11.9. The van der Waals surface area contributed by atoms with Crippen LogP contribution in [-0.2, 0) is 4.79 Å². The van der Waals surface area contributed by atoms with Crippen LogP contribution >= 0.6 is 0 Å². The van der Waals surface area contributed by atoms with Crippen molar-refractivity contribution in [2.75, 3.05) is 6.61 Å². The molecule has 0 aromatic heterocycles. The highest BCUT2D eigenvalue weighted by atomic mass is 16.3. The average Bonchev–Trinajstić information content (AvgIpc) is 2.42. The molecule has 116 valence electrons. The third kappa shape index (κ3) is 8.30. The summed E-state index contributed by atoms with van der Waals surface area (Å²) in [6.07, 6.45) is 5.95. The van der Waals surface area contributed by atoms with Gasteiger partial charge >= 0.3 is 0 Å². The number of allylic oxidation sites excluding steroid dienone is 1. The van der Waals surface area contributed by atoms with Gasteiger partial charge in [-0.25, -0.2) is 0 Å². The molecule has 0 bridgehead atoms. The zero-order chi connectivity index (χ0) is 15.7. The number of rotatable bonds is 7. The summed E-state index contributed by atoms with van der Waals surface area (Å²) < 4.78 is 0. The molecule has 0 saturated carbocycles. The molecule has 0 aliphatic heterocycles. The summed E-state index contributed by atoms with van der Waals surface area (Å²) in [5, 5.41) is 12.2. The van der Waals surface area contributed by atoms with Crippen molar-refractivity contribution in [2.24, 2.45) is 5.41 Å². The van der Waals surface area contributed by atoms with Crippen LogP contribution in [-0.4, -0.2) is 23.7 Å². The molecule has 1 aromatic rings. The van der Waals surface area contributed by atoms with E-state index in [1.807, 2.05) is 42.5 Å². The first-order valence-corrected chi connectivity index (χ1v) is 7.52. The van der Waals surface area contributed by atoms with Crippen LogP contribution in [0.4, 0.5) is 0 Å². The lowest BCUT2D eigenvalue weighted by Crippen LogP contribution is -2.39. The Balaban J connectivity index is 2.31. The predicted molar refractivity (Wildman–Crippen MR) is 87.8 cm³/mol. The smallest absolute Gasteiger partial charge is 0.220 e. The fraction of sp³-hybridized carbons (Fsp3) is 0.500. The minimum Gasteiger partial charge on any atom is -0.394 e. The molecule has 1 rings (SSSR count). The van der Waals surface area contributed by atoms with E-state index in [1.54, 1.807) is 0 Å². The molecule has 0 aliphatic rings. The molecule has 3 nitrogen and oxygen atoms in total. The van der Waals surface area contributed by atoms with Crippen molar-refractivity contribution in [3.05, 3.63) is 42.0 Å². The molecule has 0 saturated heterocycles. The van der Waals surface area contributed by atoms with E-state index in [2.05, 4.69) is 26.1 Å². The summed E-state index contributed by atoms with van der Waals surface area (Å²) in [6, 6.07) is 9.86. The highest BCUT2D eigenvalue weighted by Gasteiger charge is 2.19. The van der Waals surface area contributed by atoms with Crippen LogP contribution in [0.5, 0.6) is 0 Å². The molecular formula is C18H27NO2. The fourth-order valence-electron chi connectivity index (χ4n) is 2.20. The molecule has 0 spiro atoms. The molecule has 1 unspecified atom stereocenters. The van der Waals surface area contributed by atoms with Crippen LogP contribution < -0.4 is 5.32 Å². The van der Waals surface area contributed by atoms with Gasteiger partial charge in [0.15, 0.2) is 0 Å². The van der Waals surface area contributed by atoms with Crippen molar-refractivity contribution >= 4 is 12.0 Å². The van der Waals surface area contributed by atoms with Crippen molar-refractivity contribution in [2.45, 2.75) is 46.1 Å². The lowest BCUT2D eigenvalue weighted by atomic mass is 9.88. The SMILES string of the molecule is CC(C)(C)CC(CO)NC(=O)CC/C=C/c1ccccc1. The van der Waals surface area contributed by atoms with Gasteiger partial charge in [-0.05, 0) is 23.8 Å². The van der Waals surface area contributed by atoms with E-state index < -0.39 is 0 Å². The van der Waals surface area contributed by atoms with Gasteiger partial charge in [-0.3, -0.25) is 4.79 Å².